The zero-order chi connectivity index (χ0) is 9.03. The van der Waals surface area contributed by atoms with Gasteiger partial charge >= 0.3 is 0 Å². The summed E-state index contributed by atoms with van der Waals surface area (Å²) >= 11 is 0. The lowest BCUT2D eigenvalue weighted by Gasteiger charge is -2.28. The molecule has 0 radical (unpaired) electrons. The van der Waals surface area contributed by atoms with Gasteiger partial charge in [-0.15, -0.1) is 0 Å². The fraction of sp³-hybridized carbons (Fsp3) is 1.00. The van der Waals surface area contributed by atoms with E-state index in [2.05, 4.69) is 26.1 Å². The van der Waals surface area contributed by atoms with Crippen LogP contribution in [0, 0.1) is 11.3 Å². The Morgan fingerprint density at radius 3 is 2.42 bits per heavy atom. The standard InChI is InChI=1S/C11H23N/c1-4-8-12-9-11(3,5-2)10-6-7-10/h10,12H,4-9H2,1-3H3. The van der Waals surface area contributed by atoms with Crippen molar-refractivity contribution in [3.63, 3.8) is 0 Å². The SMILES string of the molecule is CCCNCC(C)(CC)C1CC1. The van der Waals surface area contributed by atoms with Gasteiger partial charge in [-0.05, 0) is 43.6 Å². The van der Waals surface area contributed by atoms with Crippen molar-refractivity contribution in [2.75, 3.05) is 13.1 Å². The molecule has 1 N–H and O–H groups in total. The topological polar surface area (TPSA) is 12.0 Å². The zero-order valence-electron chi connectivity index (χ0n) is 8.82. The van der Waals surface area contributed by atoms with Crippen LogP contribution in [-0.2, 0) is 0 Å². The van der Waals surface area contributed by atoms with E-state index in [1.54, 1.807) is 0 Å². The van der Waals surface area contributed by atoms with E-state index in [4.69, 9.17) is 0 Å². The molecule has 1 aliphatic rings. The molecule has 1 fully saturated rings. The van der Waals surface area contributed by atoms with Crippen molar-refractivity contribution in [2.45, 2.75) is 46.5 Å². The lowest BCUT2D eigenvalue weighted by atomic mass is 9.82. The summed E-state index contributed by atoms with van der Waals surface area (Å²) in [5.41, 5.74) is 0.592. The third kappa shape index (κ3) is 2.48. The molecule has 0 spiro atoms. The van der Waals surface area contributed by atoms with Gasteiger partial charge in [-0.25, -0.2) is 0 Å². The van der Waals surface area contributed by atoms with Crippen LogP contribution in [0.25, 0.3) is 0 Å². The van der Waals surface area contributed by atoms with Crippen LogP contribution in [0.3, 0.4) is 0 Å². The predicted molar refractivity (Wildman–Crippen MR) is 54.3 cm³/mol. The summed E-state index contributed by atoms with van der Waals surface area (Å²) in [6.07, 6.45) is 5.52. The van der Waals surface area contributed by atoms with E-state index in [1.807, 2.05) is 0 Å². The van der Waals surface area contributed by atoms with Crippen LogP contribution in [0.4, 0.5) is 0 Å². The van der Waals surface area contributed by atoms with Crippen LogP contribution >= 0.6 is 0 Å². The monoisotopic (exact) mass is 169 g/mol. The molecule has 1 saturated carbocycles. The zero-order valence-corrected chi connectivity index (χ0v) is 8.82. The van der Waals surface area contributed by atoms with Gasteiger partial charge in [0.05, 0.1) is 0 Å². The first kappa shape index (κ1) is 10.0. The first-order valence-corrected chi connectivity index (χ1v) is 5.43. The maximum absolute atomic E-state index is 3.55. The highest BCUT2D eigenvalue weighted by atomic mass is 14.9. The second-order valence-corrected chi connectivity index (χ2v) is 4.46. The molecule has 1 nitrogen and oxygen atoms in total. The van der Waals surface area contributed by atoms with E-state index in [9.17, 15) is 0 Å². The minimum Gasteiger partial charge on any atom is -0.316 e. The molecule has 0 saturated heterocycles. The Balaban J connectivity index is 2.23. The van der Waals surface area contributed by atoms with Gasteiger partial charge in [0.25, 0.3) is 0 Å². The molecule has 1 atom stereocenters. The maximum Gasteiger partial charge on any atom is 0.000771 e. The largest absolute Gasteiger partial charge is 0.316 e. The normalized spacial score (nSPS) is 22.2. The van der Waals surface area contributed by atoms with Gasteiger partial charge in [0.2, 0.25) is 0 Å². The Morgan fingerprint density at radius 2 is 2.00 bits per heavy atom. The highest BCUT2D eigenvalue weighted by molar-refractivity contribution is 4.91. The fourth-order valence-corrected chi connectivity index (χ4v) is 1.89. The van der Waals surface area contributed by atoms with Gasteiger partial charge in [0.15, 0.2) is 0 Å². The third-order valence-corrected chi connectivity index (χ3v) is 3.33. The molecular weight excluding hydrogens is 146 g/mol. The molecule has 1 rings (SSSR count). The van der Waals surface area contributed by atoms with Crippen molar-refractivity contribution in [3.8, 4) is 0 Å². The third-order valence-electron chi connectivity index (χ3n) is 3.33. The van der Waals surface area contributed by atoms with Crippen molar-refractivity contribution in [1.82, 2.24) is 5.32 Å². The second kappa shape index (κ2) is 4.27. The lowest BCUT2D eigenvalue weighted by molar-refractivity contribution is 0.248. The molecule has 0 aromatic heterocycles. The van der Waals surface area contributed by atoms with Crippen LogP contribution in [0.5, 0.6) is 0 Å². The van der Waals surface area contributed by atoms with Crippen molar-refractivity contribution >= 4 is 0 Å². The Kier molecular flexibility index (Phi) is 3.57. The summed E-state index contributed by atoms with van der Waals surface area (Å²) < 4.78 is 0. The molecule has 1 unspecified atom stereocenters. The van der Waals surface area contributed by atoms with Gasteiger partial charge in [-0.3, -0.25) is 0 Å². The summed E-state index contributed by atoms with van der Waals surface area (Å²) in [5, 5.41) is 3.55. The minimum absolute atomic E-state index is 0.592. The molecule has 1 aliphatic carbocycles. The van der Waals surface area contributed by atoms with Crippen LogP contribution in [0.1, 0.15) is 46.5 Å². The van der Waals surface area contributed by atoms with E-state index in [0.29, 0.717) is 5.41 Å². The van der Waals surface area contributed by atoms with Gasteiger partial charge in [0, 0.05) is 6.54 Å². The van der Waals surface area contributed by atoms with E-state index < -0.39 is 0 Å². The quantitative estimate of drug-likeness (QED) is 0.603. The summed E-state index contributed by atoms with van der Waals surface area (Å²) in [7, 11) is 0. The summed E-state index contributed by atoms with van der Waals surface area (Å²) in [5.74, 6) is 1.02. The van der Waals surface area contributed by atoms with Crippen LogP contribution in [0.15, 0.2) is 0 Å². The number of hydrogen-bond donors (Lipinski definition) is 1. The Hall–Kier alpha value is -0.0400. The van der Waals surface area contributed by atoms with E-state index in [1.165, 1.54) is 38.8 Å². The van der Waals surface area contributed by atoms with Gasteiger partial charge in [-0.2, -0.15) is 0 Å². The minimum atomic E-state index is 0.592. The molecule has 12 heavy (non-hydrogen) atoms. The van der Waals surface area contributed by atoms with E-state index >= 15 is 0 Å². The van der Waals surface area contributed by atoms with Crippen molar-refractivity contribution in [3.05, 3.63) is 0 Å². The molecule has 0 aromatic carbocycles. The van der Waals surface area contributed by atoms with Crippen molar-refractivity contribution < 1.29 is 0 Å². The highest BCUT2D eigenvalue weighted by Gasteiger charge is 2.39. The smallest absolute Gasteiger partial charge is 0.000771 e. The van der Waals surface area contributed by atoms with Crippen molar-refractivity contribution in [2.24, 2.45) is 11.3 Å². The Bertz CT molecular complexity index is 129. The second-order valence-electron chi connectivity index (χ2n) is 4.46. The average molecular weight is 169 g/mol. The first-order chi connectivity index (χ1) is 5.73. The van der Waals surface area contributed by atoms with Crippen LogP contribution < -0.4 is 5.32 Å². The summed E-state index contributed by atoms with van der Waals surface area (Å²) in [6, 6.07) is 0. The van der Waals surface area contributed by atoms with Crippen molar-refractivity contribution in [1.29, 1.82) is 0 Å². The highest BCUT2D eigenvalue weighted by Crippen LogP contribution is 2.46. The summed E-state index contributed by atoms with van der Waals surface area (Å²) in [6.45, 7) is 9.40. The van der Waals surface area contributed by atoms with Crippen LogP contribution in [-0.4, -0.2) is 13.1 Å². The predicted octanol–water partition coefficient (Wildman–Crippen LogP) is 2.81. The average Bonchev–Trinajstić information content (AvgIpc) is 2.87. The van der Waals surface area contributed by atoms with Gasteiger partial charge < -0.3 is 5.32 Å². The molecule has 72 valence electrons. The van der Waals surface area contributed by atoms with E-state index in [0.717, 1.165) is 5.92 Å². The van der Waals surface area contributed by atoms with Gasteiger partial charge in [0.1, 0.15) is 0 Å². The Morgan fingerprint density at radius 1 is 1.33 bits per heavy atom. The Labute approximate surface area is 76.9 Å². The molecule has 0 aliphatic heterocycles. The number of hydrogen-bond acceptors (Lipinski definition) is 1. The molecular formula is C11H23N. The molecule has 1 heteroatoms. The fourth-order valence-electron chi connectivity index (χ4n) is 1.89. The molecule has 0 bridgehead atoms. The number of rotatable bonds is 6. The maximum atomic E-state index is 3.55. The van der Waals surface area contributed by atoms with Crippen LogP contribution in [0.2, 0.25) is 0 Å². The molecule has 0 aromatic rings. The van der Waals surface area contributed by atoms with E-state index in [-0.39, 0.29) is 0 Å². The molecule has 0 amide bonds. The first-order valence-electron chi connectivity index (χ1n) is 5.43. The van der Waals surface area contributed by atoms with Gasteiger partial charge in [-0.1, -0.05) is 20.8 Å². The summed E-state index contributed by atoms with van der Waals surface area (Å²) in [4.78, 5) is 0. The molecule has 0 heterocycles. The lowest BCUT2D eigenvalue weighted by Crippen LogP contribution is -2.33. The number of nitrogens with one attached hydrogen (secondary N) is 1.